The average Bonchev–Trinajstić information content (AvgIpc) is 2.62. The molecule has 2 fully saturated rings. The molecule has 1 amide bonds. The summed E-state index contributed by atoms with van der Waals surface area (Å²) in [6.45, 7) is 11.5. The molecule has 1 heterocycles. The van der Waals surface area contributed by atoms with Gasteiger partial charge in [0.1, 0.15) is 9.84 Å². The highest BCUT2D eigenvalue weighted by molar-refractivity contribution is 7.90. The van der Waals surface area contributed by atoms with Gasteiger partial charge in [-0.2, -0.15) is 0 Å². The number of nitrogens with two attached hydrogens (primary N) is 2. The third-order valence-corrected chi connectivity index (χ3v) is 6.31. The van der Waals surface area contributed by atoms with E-state index in [-0.39, 0.29) is 12.2 Å². The number of aliphatic hydroxyl groups excluding tert-OH is 1. The van der Waals surface area contributed by atoms with Gasteiger partial charge in [0.2, 0.25) is 5.91 Å². The summed E-state index contributed by atoms with van der Waals surface area (Å²) in [4.78, 5) is 10.1. The van der Waals surface area contributed by atoms with Gasteiger partial charge in [-0.05, 0) is 62.9 Å². The summed E-state index contributed by atoms with van der Waals surface area (Å²) >= 11 is 0. The van der Waals surface area contributed by atoms with Crippen molar-refractivity contribution in [1.82, 2.24) is 5.32 Å². The molecular weight excluding hydrogens is 390 g/mol. The highest BCUT2D eigenvalue weighted by Crippen LogP contribution is 2.47. The van der Waals surface area contributed by atoms with Crippen LogP contribution in [0.5, 0.6) is 0 Å². The Morgan fingerprint density at radius 2 is 1.69 bits per heavy atom. The lowest BCUT2D eigenvalue weighted by atomic mass is 9.62. The number of sulfone groups is 1. The minimum atomic E-state index is -2.93. The number of hydrogen-bond acceptors (Lipinski definition) is 6. The largest absolute Gasteiger partial charge is 0.396 e. The van der Waals surface area contributed by atoms with Crippen molar-refractivity contribution in [3.8, 4) is 0 Å². The van der Waals surface area contributed by atoms with Gasteiger partial charge in [0.15, 0.2) is 0 Å². The van der Waals surface area contributed by atoms with Crippen molar-refractivity contribution in [1.29, 1.82) is 0 Å². The van der Waals surface area contributed by atoms with E-state index < -0.39 is 15.7 Å². The lowest BCUT2D eigenvalue weighted by Gasteiger charge is -2.44. The zero-order valence-corrected chi connectivity index (χ0v) is 20.2. The van der Waals surface area contributed by atoms with E-state index >= 15 is 0 Å². The van der Waals surface area contributed by atoms with Crippen molar-refractivity contribution in [2.45, 2.75) is 85.1 Å². The molecule has 0 spiro atoms. The van der Waals surface area contributed by atoms with Gasteiger partial charge in [-0.25, -0.2) is 8.42 Å². The Hall–Kier alpha value is -0.700. The molecular formula is C21H47N3O4S. The number of piperidine rings is 1. The summed E-state index contributed by atoms with van der Waals surface area (Å²) < 4.78 is 20.9. The molecule has 29 heavy (non-hydrogen) atoms. The molecule has 2 rings (SSSR count). The number of amides is 1. The number of rotatable bonds is 6. The van der Waals surface area contributed by atoms with Crippen molar-refractivity contribution in [3.63, 3.8) is 0 Å². The second-order valence-electron chi connectivity index (χ2n) is 8.64. The summed E-state index contributed by atoms with van der Waals surface area (Å²) in [5, 5.41) is 11.1. The lowest BCUT2D eigenvalue weighted by Crippen LogP contribution is -2.35. The molecule has 0 aromatic carbocycles. The monoisotopic (exact) mass is 437 g/mol. The van der Waals surface area contributed by atoms with Crippen LogP contribution in [0.4, 0.5) is 0 Å². The van der Waals surface area contributed by atoms with Gasteiger partial charge >= 0.3 is 0 Å². The highest BCUT2D eigenvalue weighted by Gasteiger charge is 2.36. The van der Waals surface area contributed by atoms with Crippen LogP contribution in [0.25, 0.3) is 0 Å². The zero-order chi connectivity index (χ0) is 22.9. The molecule has 1 aliphatic heterocycles. The SMILES string of the molecule is CCC1CCC1(C)C.CCCO.CS(=O)(=O)CCCC(N)=O.NC1CCNCC1. The molecule has 1 saturated carbocycles. The van der Waals surface area contributed by atoms with E-state index in [1.807, 2.05) is 6.92 Å². The summed E-state index contributed by atoms with van der Waals surface area (Å²) in [6.07, 6.45) is 9.09. The Labute approximate surface area is 179 Å². The van der Waals surface area contributed by atoms with Crippen LogP contribution in [0.15, 0.2) is 0 Å². The van der Waals surface area contributed by atoms with Crippen LogP contribution in [0.2, 0.25) is 0 Å². The molecule has 1 unspecified atom stereocenters. The maximum Gasteiger partial charge on any atom is 0.217 e. The molecule has 1 atom stereocenters. The fourth-order valence-corrected chi connectivity index (χ4v) is 3.70. The standard InChI is InChI=1S/C8H16.C5H12N2.C5H11NO3S.C3H8O/c1-4-7-5-6-8(7,2)3;6-5-1-3-7-4-2-5;1-10(8,9)4-2-3-5(6)7;1-2-3-4/h7H,4-6H2,1-3H3;5,7H,1-4,6H2;2-4H2,1H3,(H2,6,7);4H,2-3H2,1H3. The Kier molecular flexibility index (Phi) is 17.9. The quantitative estimate of drug-likeness (QED) is 0.503. The summed E-state index contributed by atoms with van der Waals surface area (Å²) in [6, 6.07) is 0.473. The predicted molar refractivity (Wildman–Crippen MR) is 122 cm³/mol. The van der Waals surface area contributed by atoms with Crippen LogP contribution in [0, 0.1) is 11.3 Å². The van der Waals surface area contributed by atoms with Gasteiger partial charge in [-0.1, -0.05) is 34.1 Å². The molecule has 176 valence electrons. The van der Waals surface area contributed by atoms with Gasteiger partial charge in [-0.15, -0.1) is 0 Å². The third kappa shape index (κ3) is 20.4. The first-order chi connectivity index (χ1) is 13.4. The van der Waals surface area contributed by atoms with E-state index in [2.05, 4.69) is 26.1 Å². The van der Waals surface area contributed by atoms with E-state index in [4.69, 9.17) is 16.6 Å². The minimum absolute atomic E-state index is 0.0376. The summed E-state index contributed by atoms with van der Waals surface area (Å²) in [7, 11) is -2.93. The minimum Gasteiger partial charge on any atom is -0.396 e. The second-order valence-corrected chi connectivity index (χ2v) is 10.9. The second kappa shape index (κ2) is 17.0. The fourth-order valence-electron chi connectivity index (χ4n) is 3.04. The maximum absolute atomic E-state index is 10.5. The number of carbonyl (C=O) groups excluding carboxylic acids is 1. The van der Waals surface area contributed by atoms with Crippen molar-refractivity contribution < 1.29 is 18.3 Å². The highest BCUT2D eigenvalue weighted by atomic mass is 32.2. The Balaban J connectivity index is 0. The van der Waals surface area contributed by atoms with Crippen LogP contribution in [-0.2, 0) is 14.6 Å². The topological polar surface area (TPSA) is 136 Å². The van der Waals surface area contributed by atoms with Gasteiger partial charge in [0.05, 0.1) is 5.75 Å². The van der Waals surface area contributed by atoms with Crippen LogP contribution >= 0.6 is 0 Å². The Morgan fingerprint density at radius 3 is 1.86 bits per heavy atom. The van der Waals surface area contributed by atoms with Gasteiger partial charge in [0, 0.05) is 25.3 Å². The first kappa shape index (κ1) is 30.5. The molecule has 0 aromatic rings. The van der Waals surface area contributed by atoms with Crippen molar-refractivity contribution in [2.75, 3.05) is 31.7 Å². The van der Waals surface area contributed by atoms with E-state index in [1.165, 1.54) is 19.3 Å². The number of hydrogen-bond donors (Lipinski definition) is 4. The zero-order valence-electron chi connectivity index (χ0n) is 19.4. The predicted octanol–water partition coefficient (Wildman–Crippen LogP) is 2.21. The first-order valence-corrected chi connectivity index (χ1v) is 13.0. The van der Waals surface area contributed by atoms with Gasteiger partial charge in [0.25, 0.3) is 0 Å². The van der Waals surface area contributed by atoms with Gasteiger partial charge in [-0.3, -0.25) is 4.79 Å². The molecule has 1 aliphatic carbocycles. The molecule has 0 radical (unpaired) electrons. The van der Waals surface area contributed by atoms with Crippen molar-refractivity contribution in [3.05, 3.63) is 0 Å². The normalized spacial score (nSPS) is 20.4. The van der Waals surface area contributed by atoms with Crippen molar-refractivity contribution >= 4 is 15.7 Å². The maximum atomic E-state index is 10.5. The number of carbonyl (C=O) groups is 1. The van der Waals surface area contributed by atoms with Crippen molar-refractivity contribution in [2.24, 2.45) is 22.8 Å². The Bertz CT molecular complexity index is 500. The average molecular weight is 438 g/mol. The first-order valence-electron chi connectivity index (χ1n) is 10.9. The van der Waals surface area contributed by atoms with E-state index in [0.717, 1.165) is 44.5 Å². The number of aliphatic hydroxyl groups is 1. The third-order valence-electron chi connectivity index (χ3n) is 5.28. The molecule has 1 saturated heterocycles. The number of primary amides is 1. The number of nitrogens with one attached hydrogen (secondary N) is 1. The van der Waals surface area contributed by atoms with Crippen LogP contribution in [-0.4, -0.2) is 57.2 Å². The fraction of sp³-hybridized carbons (Fsp3) is 0.952. The molecule has 2 aliphatic rings. The van der Waals surface area contributed by atoms with Crippen LogP contribution in [0.3, 0.4) is 0 Å². The van der Waals surface area contributed by atoms with Crippen LogP contribution in [0.1, 0.15) is 79.1 Å². The van der Waals surface area contributed by atoms with Gasteiger partial charge < -0.3 is 21.9 Å². The van der Waals surface area contributed by atoms with E-state index in [9.17, 15) is 13.2 Å². The smallest absolute Gasteiger partial charge is 0.217 e. The summed E-state index contributed by atoms with van der Waals surface area (Å²) in [5.41, 5.74) is 11.1. The van der Waals surface area contributed by atoms with Crippen LogP contribution < -0.4 is 16.8 Å². The molecule has 6 N–H and O–H groups in total. The lowest BCUT2D eigenvalue weighted by molar-refractivity contribution is -0.118. The molecule has 8 heteroatoms. The molecule has 0 aromatic heterocycles. The Morgan fingerprint density at radius 1 is 1.17 bits per heavy atom. The van der Waals surface area contributed by atoms with E-state index in [1.54, 1.807) is 0 Å². The van der Waals surface area contributed by atoms with E-state index in [0.29, 0.717) is 24.5 Å². The molecule has 7 nitrogen and oxygen atoms in total. The molecule has 0 bridgehead atoms. The summed E-state index contributed by atoms with van der Waals surface area (Å²) in [5.74, 6) is 0.613.